The van der Waals surface area contributed by atoms with E-state index in [1.54, 1.807) is 13.8 Å². The fourth-order valence-corrected chi connectivity index (χ4v) is 1.44. The van der Waals surface area contributed by atoms with Crippen LogP contribution in [0.1, 0.15) is 25.3 Å². The van der Waals surface area contributed by atoms with Gasteiger partial charge in [0.25, 0.3) is 0 Å². The van der Waals surface area contributed by atoms with Crippen molar-refractivity contribution in [2.45, 2.75) is 19.8 Å². The molecule has 0 aliphatic rings. The van der Waals surface area contributed by atoms with Gasteiger partial charge in [0.05, 0.1) is 19.6 Å². The minimum absolute atomic E-state index is 0.306. The van der Waals surface area contributed by atoms with Gasteiger partial charge in [-0.25, -0.2) is 4.39 Å². The summed E-state index contributed by atoms with van der Waals surface area (Å²) in [4.78, 5) is 11.5. The molecule has 1 rings (SSSR count). The first-order valence-corrected chi connectivity index (χ1v) is 5.10. The van der Waals surface area contributed by atoms with Gasteiger partial charge in [-0.1, -0.05) is 0 Å². The van der Waals surface area contributed by atoms with Crippen molar-refractivity contribution in [3.8, 4) is 5.75 Å². The molecule has 0 spiro atoms. The number of esters is 1. The average Bonchev–Trinajstić information content (AvgIpc) is 2.28. The number of rotatable bonds is 4. The predicted octanol–water partition coefficient (Wildman–Crippen LogP) is 2.50. The summed E-state index contributed by atoms with van der Waals surface area (Å²) in [6, 6.07) is 4.08. The lowest BCUT2D eigenvalue weighted by molar-refractivity contribution is -0.144. The summed E-state index contributed by atoms with van der Waals surface area (Å²) in [5, 5.41) is 0. The van der Waals surface area contributed by atoms with Crippen LogP contribution in [-0.4, -0.2) is 19.7 Å². The molecular formula is C12H15FO3. The number of hydrogen-bond acceptors (Lipinski definition) is 3. The van der Waals surface area contributed by atoms with Crippen LogP contribution in [0.3, 0.4) is 0 Å². The molecule has 0 saturated heterocycles. The molecule has 0 aromatic heterocycles. The molecule has 1 atom stereocenters. The zero-order valence-corrected chi connectivity index (χ0v) is 9.62. The first-order valence-electron chi connectivity index (χ1n) is 5.10. The van der Waals surface area contributed by atoms with Crippen LogP contribution in [-0.2, 0) is 9.53 Å². The highest BCUT2D eigenvalue weighted by Gasteiger charge is 2.20. The molecule has 0 amide bonds. The summed E-state index contributed by atoms with van der Waals surface area (Å²) in [6.45, 7) is 3.70. The minimum Gasteiger partial charge on any atom is -0.496 e. The maximum absolute atomic E-state index is 13.1. The molecule has 4 heteroatoms. The molecule has 88 valence electrons. The second-order valence-electron chi connectivity index (χ2n) is 3.36. The molecule has 0 heterocycles. The predicted molar refractivity (Wildman–Crippen MR) is 58.0 cm³/mol. The average molecular weight is 226 g/mol. The monoisotopic (exact) mass is 226 g/mol. The summed E-state index contributed by atoms with van der Waals surface area (Å²) in [5.41, 5.74) is 0.501. The highest BCUT2D eigenvalue weighted by molar-refractivity contribution is 5.78. The Labute approximate surface area is 94.2 Å². The molecule has 1 unspecified atom stereocenters. The molecule has 1 aromatic carbocycles. The molecule has 3 nitrogen and oxygen atoms in total. The maximum atomic E-state index is 13.1. The van der Waals surface area contributed by atoms with Crippen molar-refractivity contribution in [3.05, 3.63) is 29.6 Å². The van der Waals surface area contributed by atoms with Gasteiger partial charge in [-0.15, -0.1) is 0 Å². The normalized spacial score (nSPS) is 12.0. The van der Waals surface area contributed by atoms with Crippen LogP contribution >= 0.6 is 0 Å². The van der Waals surface area contributed by atoms with Gasteiger partial charge in [0.15, 0.2) is 0 Å². The molecule has 0 bridgehead atoms. The van der Waals surface area contributed by atoms with Crippen LogP contribution in [0.2, 0.25) is 0 Å². The number of halogens is 1. The van der Waals surface area contributed by atoms with Crippen molar-refractivity contribution in [2.75, 3.05) is 13.7 Å². The van der Waals surface area contributed by atoms with Gasteiger partial charge in [0.2, 0.25) is 0 Å². The van der Waals surface area contributed by atoms with E-state index in [0.717, 1.165) is 0 Å². The molecule has 0 saturated carbocycles. The summed E-state index contributed by atoms with van der Waals surface area (Å²) in [6.07, 6.45) is 0. The van der Waals surface area contributed by atoms with Crippen molar-refractivity contribution in [3.63, 3.8) is 0 Å². The standard InChI is InChI=1S/C12H15FO3/c1-4-16-12(14)8(2)10-7-9(13)5-6-11(10)15-3/h5-8H,4H2,1-3H3. The number of carbonyl (C=O) groups is 1. The van der Waals surface area contributed by atoms with E-state index in [2.05, 4.69) is 0 Å². The third-order valence-electron chi connectivity index (χ3n) is 2.30. The fraction of sp³-hybridized carbons (Fsp3) is 0.417. The minimum atomic E-state index is -0.536. The molecular weight excluding hydrogens is 211 g/mol. The van der Waals surface area contributed by atoms with Crippen molar-refractivity contribution in [2.24, 2.45) is 0 Å². The molecule has 0 fully saturated rings. The van der Waals surface area contributed by atoms with Gasteiger partial charge in [-0.05, 0) is 32.0 Å². The quantitative estimate of drug-likeness (QED) is 0.740. The van der Waals surface area contributed by atoms with E-state index in [4.69, 9.17) is 9.47 Å². The highest BCUT2D eigenvalue weighted by atomic mass is 19.1. The van der Waals surface area contributed by atoms with E-state index in [0.29, 0.717) is 17.9 Å². The van der Waals surface area contributed by atoms with Gasteiger partial charge < -0.3 is 9.47 Å². The smallest absolute Gasteiger partial charge is 0.313 e. The van der Waals surface area contributed by atoms with E-state index in [1.165, 1.54) is 25.3 Å². The fourth-order valence-electron chi connectivity index (χ4n) is 1.44. The number of benzene rings is 1. The Balaban J connectivity index is 3.01. The van der Waals surface area contributed by atoms with Crippen LogP contribution < -0.4 is 4.74 Å². The second kappa shape index (κ2) is 5.49. The first-order chi connectivity index (χ1) is 7.60. The highest BCUT2D eigenvalue weighted by Crippen LogP contribution is 2.28. The molecule has 16 heavy (non-hydrogen) atoms. The largest absolute Gasteiger partial charge is 0.496 e. The van der Waals surface area contributed by atoms with Gasteiger partial charge >= 0.3 is 5.97 Å². The summed E-state index contributed by atoms with van der Waals surface area (Å²) in [5.74, 6) is -0.828. The SMILES string of the molecule is CCOC(=O)C(C)c1cc(F)ccc1OC. The Bertz CT molecular complexity index is 377. The van der Waals surface area contributed by atoms with E-state index in [-0.39, 0.29) is 5.97 Å². The third-order valence-corrected chi connectivity index (χ3v) is 2.30. The number of methoxy groups -OCH3 is 1. The van der Waals surface area contributed by atoms with E-state index < -0.39 is 11.7 Å². The lowest BCUT2D eigenvalue weighted by Crippen LogP contribution is -2.14. The molecule has 0 aliphatic heterocycles. The van der Waals surface area contributed by atoms with Crippen molar-refractivity contribution in [1.29, 1.82) is 0 Å². The zero-order chi connectivity index (χ0) is 12.1. The van der Waals surface area contributed by atoms with Crippen molar-refractivity contribution < 1.29 is 18.7 Å². The first kappa shape index (κ1) is 12.5. The summed E-state index contributed by atoms with van der Waals surface area (Å²) < 4.78 is 23.0. The Morgan fingerprint density at radius 1 is 1.50 bits per heavy atom. The van der Waals surface area contributed by atoms with Gasteiger partial charge in [0, 0.05) is 5.56 Å². The van der Waals surface area contributed by atoms with Crippen molar-refractivity contribution in [1.82, 2.24) is 0 Å². The van der Waals surface area contributed by atoms with Crippen molar-refractivity contribution >= 4 is 5.97 Å². The third kappa shape index (κ3) is 2.72. The number of hydrogen-bond donors (Lipinski definition) is 0. The van der Waals surface area contributed by atoms with Crippen LogP contribution in [0.4, 0.5) is 4.39 Å². The lowest BCUT2D eigenvalue weighted by atomic mass is 10.00. The van der Waals surface area contributed by atoms with Gasteiger partial charge in [-0.2, -0.15) is 0 Å². The van der Waals surface area contributed by atoms with Crippen LogP contribution in [0.25, 0.3) is 0 Å². The Kier molecular flexibility index (Phi) is 4.28. The Hall–Kier alpha value is -1.58. The van der Waals surface area contributed by atoms with Crippen LogP contribution in [0.15, 0.2) is 18.2 Å². The molecule has 0 radical (unpaired) electrons. The number of carbonyl (C=O) groups excluding carboxylic acids is 1. The van der Waals surface area contributed by atoms with E-state index >= 15 is 0 Å². The number of ether oxygens (including phenoxy) is 2. The Morgan fingerprint density at radius 2 is 2.19 bits per heavy atom. The zero-order valence-electron chi connectivity index (χ0n) is 9.62. The summed E-state index contributed by atoms with van der Waals surface area (Å²) >= 11 is 0. The second-order valence-corrected chi connectivity index (χ2v) is 3.36. The van der Waals surface area contributed by atoms with Crippen LogP contribution in [0, 0.1) is 5.82 Å². The van der Waals surface area contributed by atoms with Gasteiger partial charge in [-0.3, -0.25) is 4.79 Å². The topological polar surface area (TPSA) is 35.5 Å². The van der Waals surface area contributed by atoms with E-state index in [1.807, 2.05) is 0 Å². The van der Waals surface area contributed by atoms with E-state index in [9.17, 15) is 9.18 Å². The molecule has 1 aromatic rings. The summed E-state index contributed by atoms with van der Waals surface area (Å²) in [7, 11) is 1.48. The van der Waals surface area contributed by atoms with Gasteiger partial charge in [0.1, 0.15) is 11.6 Å². The lowest BCUT2D eigenvalue weighted by Gasteiger charge is -2.14. The molecule has 0 aliphatic carbocycles. The Morgan fingerprint density at radius 3 is 2.75 bits per heavy atom. The van der Waals surface area contributed by atoms with Crippen LogP contribution in [0.5, 0.6) is 5.75 Å². The maximum Gasteiger partial charge on any atom is 0.313 e. The molecule has 0 N–H and O–H groups in total.